The molecule has 0 aliphatic heterocycles. The fourth-order valence-corrected chi connectivity index (χ4v) is 2.72. The lowest BCUT2D eigenvalue weighted by Gasteiger charge is -2.19. The Labute approximate surface area is 179 Å². The fourth-order valence-electron chi connectivity index (χ4n) is 2.44. The van der Waals surface area contributed by atoms with Gasteiger partial charge in [-0.1, -0.05) is 11.6 Å². The highest BCUT2D eigenvalue weighted by Gasteiger charge is 2.16. The topological polar surface area (TPSA) is 123 Å². The van der Waals surface area contributed by atoms with Crippen molar-refractivity contribution in [1.29, 1.82) is 0 Å². The first-order chi connectivity index (χ1) is 14.0. The fraction of sp³-hybridized carbons (Fsp3) is 0.450. The number of carbonyl (C=O) groups excluding carboxylic acids is 1. The lowest BCUT2D eigenvalue weighted by atomic mass is 10.1. The third kappa shape index (κ3) is 7.57. The number of carboxylic acids is 1. The summed E-state index contributed by atoms with van der Waals surface area (Å²) in [5.41, 5.74) is 1.01. The summed E-state index contributed by atoms with van der Waals surface area (Å²) in [5.74, 6) is -1.00. The van der Waals surface area contributed by atoms with E-state index in [9.17, 15) is 14.7 Å². The Morgan fingerprint density at radius 2 is 2.07 bits per heavy atom. The first-order valence-electron chi connectivity index (χ1n) is 9.38. The first-order valence-corrected chi connectivity index (χ1v) is 9.76. The van der Waals surface area contributed by atoms with Crippen molar-refractivity contribution in [3.63, 3.8) is 0 Å². The van der Waals surface area contributed by atoms with Crippen molar-refractivity contribution in [2.45, 2.75) is 45.4 Å². The summed E-state index contributed by atoms with van der Waals surface area (Å²) in [4.78, 5) is 22.2. The number of nitrogens with one attached hydrogen (secondary N) is 1. The second-order valence-corrected chi connectivity index (χ2v) is 7.99. The summed E-state index contributed by atoms with van der Waals surface area (Å²) < 4.78 is 12.2. The summed E-state index contributed by atoms with van der Waals surface area (Å²) in [5, 5.41) is 25.3. The van der Waals surface area contributed by atoms with E-state index in [0.29, 0.717) is 30.3 Å². The number of benzene rings is 1. The molecule has 3 N–H and O–H groups in total. The van der Waals surface area contributed by atoms with Gasteiger partial charge < -0.3 is 25.0 Å². The van der Waals surface area contributed by atoms with Crippen molar-refractivity contribution in [1.82, 2.24) is 15.1 Å². The van der Waals surface area contributed by atoms with E-state index in [1.54, 1.807) is 49.8 Å². The second-order valence-electron chi connectivity index (χ2n) is 7.58. The van der Waals surface area contributed by atoms with Crippen LogP contribution < -0.4 is 10.1 Å². The largest absolute Gasteiger partial charge is 0.490 e. The molecular formula is C20H26ClN3O6. The standard InChI is InChI=1S/C20H26ClN3O6/c1-20(2,3)30-19(28)22-7-4-8-24-11-13(10-23-24)15-6-5-14(9-16(15)21)29-12-17(25)18(26)27/h5-6,9-11,17,25H,4,7-8,12H2,1-3H3,(H,22,28)(H,26,27). The minimum absolute atomic E-state index is 0.352. The number of alkyl carbamates (subject to hydrolysis) is 1. The molecular weight excluding hydrogens is 414 g/mol. The van der Waals surface area contributed by atoms with Crippen LogP contribution in [0.15, 0.2) is 30.6 Å². The molecule has 1 amide bonds. The van der Waals surface area contributed by atoms with Gasteiger partial charge in [0.25, 0.3) is 0 Å². The first kappa shape index (κ1) is 23.5. The zero-order valence-electron chi connectivity index (χ0n) is 17.1. The van der Waals surface area contributed by atoms with Gasteiger partial charge >= 0.3 is 12.1 Å². The number of halogens is 1. The van der Waals surface area contributed by atoms with Crippen molar-refractivity contribution in [2.24, 2.45) is 0 Å². The van der Waals surface area contributed by atoms with Crippen LogP contribution in [0.25, 0.3) is 11.1 Å². The average Bonchev–Trinajstić information content (AvgIpc) is 3.10. The van der Waals surface area contributed by atoms with E-state index in [4.69, 9.17) is 26.2 Å². The van der Waals surface area contributed by atoms with Crippen LogP contribution in [0.4, 0.5) is 4.79 Å². The summed E-state index contributed by atoms with van der Waals surface area (Å²) in [7, 11) is 0. The molecule has 2 aromatic rings. The molecule has 0 aliphatic rings. The van der Waals surface area contributed by atoms with E-state index in [0.717, 1.165) is 11.1 Å². The number of aliphatic hydroxyl groups excluding tert-OH is 1. The molecule has 0 spiro atoms. The van der Waals surface area contributed by atoms with E-state index in [1.807, 2.05) is 6.20 Å². The lowest BCUT2D eigenvalue weighted by Crippen LogP contribution is -2.33. The molecule has 0 saturated carbocycles. The predicted octanol–water partition coefficient (Wildman–Crippen LogP) is 2.94. The number of carbonyl (C=O) groups is 2. The molecule has 1 unspecified atom stereocenters. The van der Waals surface area contributed by atoms with E-state index >= 15 is 0 Å². The third-order valence-corrected chi connectivity index (χ3v) is 4.12. The molecule has 10 heteroatoms. The Morgan fingerprint density at radius 1 is 1.33 bits per heavy atom. The highest BCUT2D eigenvalue weighted by molar-refractivity contribution is 6.33. The number of ether oxygens (including phenoxy) is 2. The third-order valence-electron chi connectivity index (χ3n) is 3.81. The van der Waals surface area contributed by atoms with Gasteiger partial charge in [-0.2, -0.15) is 5.10 Å². The van der Waals surface area contributed by atoms with Crippen LogP contribution in [0.5, 0.6) is 5.75 Å². The van der Waals surface area contributed by atoms with Crippen LogP contribution in [0.2, 0.25) is 5.02 Å². The average molecular weight is 440 g/mol. The second kappa shape index (κ2) is 10.3. The summed E-state index contributed by atoms with van der Waals surface area (Å²) in [6.45, 7) is 6.10. The Balaban J connectivity index is 1.86. The molecule has 1 atom stereocenters. The van der Waals surface area contributed by atoms with Crippen molar-refractivity contribution in [3.8, 4) is 16.9 Å². The minimum Gasteiger partial charge on any atom is -0.490 e. The Kier molecular flexibility index (Phi) is 8.08. The molecule has 2 rings (SSSR count). The van der Waals surface area contributed by atoms with Gasteiger partial charge in [-0.15, -0.1) is 0 Å². The number of amides is 1. The molecule has 1 aromatic heterocycles. The monoisotopic (exact) mass is 439 g/mol. The Bertz CT molecular complexity index is 878. The number of aliphatic carboxylic acids is 1. The maximum Gasteiger partial charge on any atom is 0.407 e. The van der Waals surface area contributed by atoms with E-state index in [-0.39, 0.29) is 6.61 Å². The molecule has 164 valence electrons. The minimum atomic E-state index is -1.61. The molecule has 1 heterocycles. The van der Waals surface area contributed by atoms with Gasteiger partial charge in [0, 0.05) is 30.4 Å². The van der Waals surface area contributed by atoms with Gasteiger partial charge in [0.05, 0.1) is 11.2 Å². The summed E-state index contributed by atoms with van der Waals surface area (Å²) in [6.07, 6.45) is 2.13. The zero-order chi connectivity index (χ0) is 22.3. The molecule has 30 heavy (non-hydrogen) atoms. The molecule has 0 aliphatic carbocycles. The number of rotatable bonds is 9. The van der Waals surface area contributed by atoms with E-state index in [1.165, 1.54) is 0 Å². The molecule has 0 fully saturated rings. The van der Waals surface area contributed by atoms with Crippen molar-refractivity contribution >= 4 is 23.7 Å². The number of hydrogen-bond acceptors (Lipinski definition) is 6. The summed E-state index contributed by atoms with van der Waals surface area (Å²) >= 11 is 6.31. The molecule has 0 bridgehead atoms. The van der Waals surface area contributed by atoms with Crippen LogP contribution in [-0.4, -0.2) is 56.9 Å². The van der Waals surface area contributed by atoms with Crippen molar-refractivity contribution in [3.05, 3.63) is 35.6 Å². The molecule has 1 aromatic carbocycles. The van der Waals surface area contributed by atoms with Crippen LogP contribution in [-0.2, 0) is 16.1 Å². The molecule has 9 nitrogen and oxygen atoms in total. The lowest BCUT2D eigenvalue weighted by molar-refractivity contribution is -0.148. The zero-order valence-corrected chi connectivity index (χ0v) is 17.8. The van der Waals surface area contributed by atoms with Crippen LogP contribution in [0.1, 0.15) is 27.2 Å². The molecule has 0 radical (unpaired) electrons. The smallest absolute Gasteiger partial charge is 0.407 e. The van der Waals surface area contributed by atoms with Gasteiger partial charge in [-0.3, -0.25) is 4.68 Å². The Hall–Kier alpha value is -2.78. The maximum atomic E-state index is 11.6. The number of carboxylic acid groups (broad SMARTS) is 1. The summed E-state index contributed by atoms with van der Waals surface area (Å²) in [6, 6.07) is 4.92. The van der Waals surface area contributed by atoms with Gasteiger partial charge in [0.1, 0.15) is 18.0 Å². The predicted molar refractivity (Wildman–Crippen MR) is 111 cm³/mol. The number of aliphatic hydroxyl groups is 1. The van der Waals surface area contributed by atoms with Crippen LogP contribution >= 0.6 is 11.6 Å². The number of hydrogen-bond donors (Lipinski definition) is 3. The van der Waals surface area contributed by atoms with E-state index < -0.39 is 23.8 Å². The van der Waals surface area contributed by atoms with E-state index in [2.05, 4.69) is 10.4 Å². The number of nitrogens with zero attached hydrogens (tertiary/aromatic N) is 2. The quantitative estimate of drug-likeness (QED) is 0.513. The normalized spacial score (nSPS) is 12.3. The van der Waals surface area contributed by atoms with Gasteiger partial charge in [-0.05, 0) is 45.4 Å². The van der Waals surface area contributed by atoms with Gasteiger partial charge in [0.15, 0.2) is 6.10 Å². The van der Waals surface area contributed by atoms with Gasteiger partial charge in [-0.25, -0.2) is 9.59 Å². The SMILES string of the molecule is CC(C)(C)OC(=O)NCCCn1cc(-c2ccc(OCC(O)C(=O)O)cc2Cl)cn1. The van der Waals surface area contributed by atoms with Gasteiger partial charge in [0.2, 0.25) is 0 Å². The Morgan fingerprint density at radius 3 is 2.70 bits per heavy atom. The van der Waals surface area contributed by atoms with Crippen LogP contribution in [0, 0.1) is 0 Å². The number of aromatic nitrogens is 2. The molecule has 0 saturated heterocycles. The number of aryl methyl sites for hydroxylation is 1. The van der Waals surface area contributed by atoms with Crippen LogP contribution in [0.3, 0.4) is 0 Å². The highest BCUT2D eigenvalue weighted by atomic mass is 35.5. The van der Waals surface area contributed by atoms with Crippen molar-refractivity contribution < 1.29 is 29.3 Å². The highest BCUT2D eigenvalue weighted by Crippen LogP contribution is 2.31. The maximum absolute atomic E-state index is 11.6. The van der Waals surface area contributed by atoms with Crippen molar-refractivity contribution in [2.75, 3.05) is 13.2 Å².